The molecule has 0 aromatic carbocycles. The van der Waals surface area contributed by atoms with Crippen molar-refractivity contribution >= 4 is 15.7 Å². The van der Waals surface area contributed by atoms with Crippen molar-refractivity contribution in [2.75, 3.05) is 11.5 Å². The number of aryl methyl sites for hydroxylation is 1. The van der Waals surface area contributed by atoms with Crippen molar-refractivity contribution < 1.29 is 22.3 Å². The fourth-order valence-electron chi connectivity index (χ4n) is 2.21. The van der Waals surface area contributed by atoms with Gasteiger partial charge in [-0.2, -0.15) is 4.98 Å². The third kappa shape index (κ3) is 3.16. The van der Waals surface area contributed by atoms with E-state index in [2.05, 4.69) is 20.6 Å². The van der Waals surface area contributed by atoms with Crippen LogP contribution in [0.4, 0.5) is 0 Å². The average molecular weight is 326 g/mol. The summed E-state index contributed by atoms with van der Waals surface area (Å²) in [7, 11) is -3.08. The lowest BCUT2D eigenvalue weighted by Gasteiger charge is -2.06. The summed E-state index contributed by atoms with van der Waals surface area (Å²) < 4.78 is 32.6. The van der Waals surface area contributed by atoms with Crippen molar-refractivity contribution in [2.45, 2.75) is 19.9 Å². The third-order valence-electron chi connectivity index (χ3n) is 3.34. The summed E-state index contributed by atoms with van der Waals surface area (Å²) >= 11 is 0. The molecule has 0 radical (unpaired) electrons. The molecule has 1 aliphatic rings. The quantitative estimate of drug-likeness (QED) is 0.836. The largest absolute Gasteiger partial charge is 0.361 e. The van der Waals surface area contributed by atoms with E-state index in [4.69, 9.17) is 9.05 Å². The normalized spacial score (nSPS) is 20.1. The summed E-state index contributed by atoms with van der Waals surface area (Å²) in [6, 6.07) is 1.66. The van der Waals surface area contributed by atoms with Gasteiger partial charge in [0.15, 0.2) is 15.5 Å². The van der Waals surface area contributed by atoms with Crippen LogP contribution < -0.4 is 5.32 Å². The molecule has 3 heterocycles. The van der Waals surface area contributed by atoms with Crippen LogP contribution in [0.3, 0.4) is 0 Å². The first kappa shape index (κ1) is 14.7. The summed E-state index contributed by atoms with van der Waals surface area (Å²) in [5.41, 5.74) is 0.445. The highest BCUT2D eigenvalue weighted by Crippen LogP contribution is 2.19. The van der Waals surface area contributed by atoms with Crippen LogP contribution in [-0.2, 0) is 21.2 Å². The van der Waals surface area contributed by atoms with Gasteiger partial charge in [-0.25, -0.2) is 8.42 Å². The minimum Gasteiger partial charge on any atom is -0.361 e. The van der Waals surface area contributed by atoms with Crippen LogP contribution in [-0.4, -0.2) is 41.1 Å². The standard InChI is InChI=1S/C12H14N4O5S/c1-7-4-9(15-20-7)11-14-10(21-16-11)5-13-12(17)8-2-3-22(18,19)6-8/h4,8H,2-3,5-6H2,1H3,(H,13,17). The van der Waals surface area contributed by atoms with Crippen LogP contribution in [0, 0.1) is 12.8 Å². The third-order valence-corrected chi connectivity index (χ3v) is 5.11. The van der Waals surface area contributed by atoms with Crippen molar-refractivity contribution in [3.8, 4) is 11.5 Å². The lowest BCUT2D eigenvalue weighted by Crippen LogP contribution is -2.31. The van der Waals surface area contributed by atoms with Crippen molar-refractivity contribution in [3.05, 3.63) is 17.7 Å². The van der Waals surface area contributed by atoms with Crippen LogP contribution in [0.5, 0.6) is 0 Å². The average Bonchev–Trinajstić information content (AvgIpc) is 3.15. The van der Waals surface area contributed by atoms with E-state index in [1.54, 1.807) is 13.0 Å². The molecule has 0 saturated carbocycles. The van der Waals surface area contributed by atoms with Gasteiger partial charge < -0.3 is 14.4 Å². The number of hydrogen-bond donors (Lipinski definition) is 1. The molecule has 2 aromatic rings. The Balaban J connectivity index is 1.58. The minimum absolute atomic E-state index is 0.0409. The lowest BCUT2D eigenvalue weighted by atomic mass is 10.1. The van der Waals surface area contributed by atoms with E-state index in [-0.39, 0.29) is 35.7 Å². The Morgan fingerprint density at radius 2 is 2.23 bits per heavy atom. The Hall–Kier alpha value is -2.23. The maximum absolute atomic E-state index is 11.9. The van der Waals surface area contributed by atoms with Crippen molar-refractivity contribution in [3.63, 3.8) is 0 Å². The van der Waals surface area contributed by atoms with Gasteiger partial charge in [0.05, 0.1) is 24.0 Å². The highest BCUT2D eigenvalue weighted by Gasteiger charge is 2.32. The first-order valence-corrected chi connectivity index (χ1v) is 8.49. The van der Waals surface area contributed by atoms with E-state index in [0.717, 1.165) is 0 Å². The number of rotatable bonds is 4. The first-order chi connectivity index (χ1) is 10.4. The van der Waals surface area contributed by atoms with Gasteiger partial charge in [0, 0.05) is 6.07 Å². The molecule has 0 spiro atoms. The van der Waals surface area contributed by atoms with Gasteiger partial charge in [-0.3, -0.25) is 4.79 Å². The fourth-order valence-corrected chi connectivity index (χ4v) is 3.95. The zero-order valence-corrected chi connectivity index (χ0v) is 12.6. The number of amides is 1. The maximum Gasteiger partial charge on any atom is 0.246 e. The Labute approximate surface area is 126 Å². The lowest BCUT2D eigenvalue weighted by molar-refractivity contribution is -0.124. The first-order valence-electron chi connectivity index (χ1n) is 6.67. The number of nitrogens with one attached hydrogen (secondary N) is 1. The van der Waals surface area contributed by atoms with Crippen LogP contribution in [0.15, 0.2) is 15.1 Å². The van der Waals surface area contributed by atoms with Crippen molar-refractivity contribution in [2.24, 2.45) is 5.92 Å². The highest BCUT2D eigenvalue weighted by molar-refractivity contribution is 7.91. The molecule has 118 valence electrons. The molecule has 9 nitrogen and oxygen atoms in total. The Morgan fingerprint density at radius 1 is 1.41 bits per heavy atom. The Bertz CT molecular complexity index is 794. The molecular weight excluding hydrogens is 312 g/mol. The summed E-state index contributed by atoms with van der Waals surface area (Å²) in [6.07, 6.45) is 0.349. The van der Waals surface area contributed by atoms with Gasteiger partial charge in [-0.1, -0.05) is 10.3 Å². The summed E-state index contributed by atoms with van der Waals surface area (Å²) in [6.45, 7) is 1.78. The smallest absolute Gasteiger partial charge is 0.246 e. The van der Waals surface area contributed by atoms with E-state index < -0.39 is 15.8 Å². The van der Waals surface area contributed by atoms with Crippen LogP contribution >= 0.6 is 0 Å². The maximum atomic E-state index is 11.9. The summed E-state index contributed by atoms with van der Waals surface area (Å²) in [5.74, 6) is 0.225. The zero-order valence-electron chi connectivity index (χ0n) is 11.8. The van der Waals surface area contributed by atoms with E-state index >= 15 is 0 Å². The van der Waals surface area contributed by atoms with Gasteiger partial charge in [-0.05, 0) is 13.3 Å². The molecule has 0 aliphatic carbocycles. The molecule has 2 aromatic heterocycles. The van der Waals surface area contributed by atoms with Gasteiger partial charge >= 0.3 is 0 Å². The number of carbonyl (C=O) groups excluding carboxylic acids is 1. The highest BCUT2D eigenvalue weighted by atomic mass is 32.2. The van der Waals surface area contributed by atoms with Gasteiger partial charge in [0.2, 0.25) is 17.6 Å². The molecule has 22 heavy (non-hydrogen) atoms. The van der Waals surface area contributed by atoms with E-state index in [1.165, 1.54) is 0 Å². The second-order valence-electron chi connectivity index (χ2n) is 5.15. The molecule has 1 amide bonds. The molecule has 1 N–H and O–H groups in total. The van der Waals surface area contributed by atoms with Gasteiger partial charge in [-0.15, -0.1) is 0 Å². The molecule has 1 atom stereocenters. The Kier molecular flexibility index (Phi) is 3.69. The fraction of sp³-hybridized carbons (Fsp3) is 0.500. The van der Waals surface area contributed by atoms with Crippen LogP contribution in [0.25, 0.3) is 11.5 Å². The monoisotopic (exact) mass is 326 g/mol. The predicted molar refractivity (Wildman–Crippen MR) is 73.1 cm³/mol. The zero-order chi connectivity index (χ0) is 15.7. The van der Waals surface area contributed by atoms with Crippen molar-refractivity contribution in [1.82, 2.24) is 20.6 Å². The van der Waals surface area contributed by atoms with Gasteiger partial charge in [0.1, 0.15) is 5.76 Å². The second kappa shape index (κ2) is 5.52. The number of aromatic nitrogens is 3. The molecule has 1 fully saturated rings. The molecule has 0 bridgehead atoms. The molecule has 1 unspecified atom stereocenters. The van der Waals surface area contributed by atoms with E-state index in [9.17, 15) is 13.2 Å². The second-order valence-corrected chi connectivity index (χ2v) is 7.38. The summed E-state index contributed by atoms with van der Waals surface area (Å²) in [4.78, 5) is 16.0. The number of nitrogens with zero attached hydrogens (tertiary/aromatic N) is 3. The number of carbonyl (C=O) groups is 1. The molecule has 1 aliphatic heterocycles. The topological polar surface area (TPSA) is 128 Å². The molecule has 3 rings (SSSR count). The van der Waals surface area contributed by atoms with Crippen LogP contribution in [0.1, 0.15) is 18.1 Å². The minimum atomic E-state index is -3.08. The van der Waals surface area contributed by atoms with E-state index in [0.29, 0.717) is 17.9 Å². The van der Waals surface area contributed by atoms with Crippen LogP contribution in [0.2, 0.25) is 0 Å². The van der Waals surface area contributed by atoms with Crippen molar-refractivity contribution in [1.29, 1.82) is 0 Å². The summed E-state index contributed by atoms with van der Waals surface area (Å²) in [5, 5.41) is 10.1. The predicted octanol–water partition coefficient (Wildman–Crippen LogP) is 0.0839. The van der Waals surface area contributed by atoms with E-state index in [1.807, 2.05) is 0 Å². The number of hydrogen-bond acceptors (Lipinski definition) is 8. The SMILES string of the molecule is Cc1cc(-c2noc(CNC(=O)C3CCS(=O)(=O)C3)n2)no1. The molecular formula is C12H14N4O5S. The molecule has 1 saturated heterocycles. The molecule has 10 heteroatoms. The Morgan fingerprint density at radius 3 is 2.86 bits per heavy atom. The van der Waals surface area contributed by atoms with Gasteiger partial charge in [0.25, 0.3) is 0 Å². The number of sulfone groups is 1.